The molecule has 0 amide bonds. The van der Waals surface area contributed by atoms with Crippen LogP contribution >= 0.6 is 0 Å². The van der Waals surface area contributed by atoms with Crippen molar-refractivity contribution in [2.24, 2.45) is 0 Å². The Bertz CT molecular complexity index is 577. The van der Waals surface area contributed by atoms with Crippen LogP contribution in [-0.4, -0.2) is 9.97 Å². The summed E-state index contributed by atoms with van der Waals surface area (Å²) in [6, 6.07) is 14.3. The number of benzene rings is 1. The Balaban J connectivity index is 2.36. The van der Waals surface area contributed by atoms with E-state index in [0.717, 1.165) is 16.8 Å². The maximum absolute atomic E-state index is 4.42. The van der Waals surface area contributed by atoms with Crippen LogP contribution in [0.5, 0.6) is 0 Å². The van der Waals surface area contributed by atoms with Gasteiger partial charge in [-0.2, -0.15) is 0 Å². The van der Waals surface area contributed by atoms with Crippen molar-refractivity contribution in [3.63, 3.8) is 0 Å². The van der Waals surface area contributed by atoms with Crippen molar-refractivity contribution in [3.8, 4) is 11.3 Å². The maximum atomic E-state index is 4.42. The van der Waals surface area contributed by atoms with E-state index < -0.39 is 0 Å². The lowest BCUT2D eigenvalue weighted by atomic mass is 10.1. The lowest BCUT2D eigenvalue weighted by molar-refractivity contribution is 1.37. The summed E-state index contributed by atoms with van der Waals surface area (Å²) in [4.78, 5) is 7.62. The number of hydrogen-bond acceptors (Lipinski definition) is 1. The molecule has 0 aliphatic carbocycles. The van der Waals surface area contributed by atoms with E-state index in [1.165, 1.54) is 5.39 Å². The molecule has 0 fully saturated rings. The summed E-state index contributed by atoms with van der Waals surface area (Å²) in [7, 11) is 0. The average molecular weight is 194 g/mol. The van der Waals surface area contributed by atoms with Crippen LogP contribution in [0.25, 0.3) is 22.2 Å². The third kappa shape index (κ3) is 1.31. The predicted octanol–water partition coefficient (Wildman–Crippen LogP) is 3.23. The number of fused-ring (bicyclic) bond motifs is 1. The number of hydrogen-bond donors (Lipinski definition) is 1. The van der Waals surface area contributed by atoms with Gasteiger partial charge < -0.3 is 4.98 Å². The van der Waals surface area contributed by atoms with E-state index in [1.54, 1.807) is 0 Å². The highest BCUT2D eigenvalue weighted by Crippen LogP contribution is 2.25. The first kappa shape index (κ1) is 8.24. The molecule has 0 saturated carbocycles. The maximum Gasteiger partial charge on any atom is 0.0795 e. The molecule has 0 aliphatic heterocycles. The lowest BCUT2D eigenvalue weighted by Gasteiger charge is -2.02. The number of nitrogens with one attached hydrogen (secondary N) is 1. The molecule has 15 heavy (non-hydrogen) atoms. The predicted molar refractivity (Wildman–Crippen MR) is 61.5 cm³/mol. The van der Waals surface area contributed by atoms with E-state index in [-0.39, 0.29) is 0 Å². The fraction of sp³-hybridized carbons (Fsp3) is 0. The third-order valence-electron chi connectivity index (χ3n) is 2.52. The minimum absolute atomic E-state index is 1.04. The van der Waals surface area contributed by atoms with Gasteiger partial charge in [-0.1, -0.05) is 24.3 Å². The zero-order chi connectivity index (χ0) is 10.1. The zero-order valence-corrected chi connectivity index (χ0v) is 8.14. The number of nitrogens with zero attached hydrogens (tertiary/aromatic N) is 1. The fourth-order valence-electron chi connectivity index (χ4n) is 1.82. The van der Waals surface area contributed by atoms with Crippen LogP contribution in [0.15, 0.2) is 54.9 Å². The summed E-state index contributed by atoms with van der Waals surface area (Å²) >= 11 is 0. The normalized spacial score (nSPS) is 10.7. The molecule has 0 spiro atoms. The summed E-state index contributed by atoms with van der Waals surface area (Å²) in [6.07, 6.45) is 3.76. The third-order valence-corrected chi connectivity index (χ3v) is 2.52. The second-order valence-corrected chi connectivity index (χ2v) is 3.46. The second kappa shape index (κ2) is 3.24. The first-order valence-corrected chi connectivity index (χ1v) is 4.93. The molecule has 0 radical (unpaired) electrons. The van der Waals surface area contributed by atoms with Crippen LogP contribution in [0.1, 0.15) is 0 Å². The highest BCUT2D eigenvalue weighted by Gasteiger charge is 2.03. The molecule has 3 aromatic rings. The van der Waals surface area contributed by atoms with E-state index in [1.807, 2.05) is 24.5 Å². The van der Waals surface area contributed by atoms with Gasteiger partial charge in [0.2, 0.25) is 0 Å². The Morgan fingerprint density at radius 1 is 0.933 bits per heavy atom. The first-order valence-electron chi connectivity index (χ1n) is 4.93. The van der Waals surface area contributed by atoms with Crippen molar-refractivity contribution in [1.82, 2.24) is 9.97 Å². The van der Waals surface area contributed by atoms with E-state index in [2.05, 4.69) is 40.3 Å². The van der Waals surface area contributed by atoms with E-state index in [4.69, 9.17) is 0 Å². The topological polar surface area (TPSA) is 28.7 Å². The Hall–Kier alpha value is -2.09. The number of para-hydroxylation sites is 1. The van der Waals surface area contributed by atoms with Crippen molar-refractivity contribution in [1.29, 1.82) is 0 Å². The summed E-state index contributed by atoms with van der Waals surface area (Å²) in [5, 5.41) is 1.17. The molecule has 0 atom stereocenters. The molecule has 0 aliphatic rings. The van der Waals surface area contributed by atoms with Gasteiger partial charge in [0.15, 0.2) is 0 Å². The standard InChI is InChI=1S/C13H10N2/c1-4-10-5-2-9-15-13(10)11(6-1)12-7-3-8-14-12/h1-9,14H. The van der Waals surface area contributed by atoms with Crippen LogP contribution in [0.4, 0.5) is 0 Å². The Kier molecular flexibility index (Phi) is 1.78. The van der Waals surface area contributed by atoms with Gasteiger partial charge in [0.05, 0.1) is 5.52 Å². The van der Waals surface area contributed by atoms with Gasteiger partial charge >= 0.3 is 0 Å². The molecule has 2 heteroatoms. The zero-order valence-electron chi connectivity index (χ0n) is 8.14. The molecule has 2 aromatic heterocycles. The van der Waals surface area contributed by atoms with Gasteiger partial charge in [-0.15, -0.1) is 0 Å². The summed E-state index contributed by atoms with van der Waals surface area (Å²) < 4.78 is 0. The summed E-state index contributed by atoms with van der Waals surface area (Å²) in [5.74, 6) is 0. The molecule has 2 heterocycles. The molecule has 1 aromatic carbocycles. The Labute approximate surface area is 87.6 Å². The average Bonchev–Trinajstić information content (AvgIpc) is 2.82. The highest BCUT2D eigenvalue weighted by atomic mass is 14.7. The molecule has 2 nitrogen and oxygen atoms in total. The van der Waals surface area contributed by atoms with Crippen molar-refractivity contribution in [2.45, 2.75) is 0 Å². The van der Waals surface area contributed by atoms with Crippen LogP contribution in [0, 0.1) is 0 Å². The number of rotatable bonds is 1. The van der Waals surface area contributed by atoms with Gasteiger partial charge in [-0.05, 0) is 18.2 Å². The number of pyridine rings is 1. The monoisotopic (exact) mass is 194 g/mol. The quantitative estimate of drug-likeness (QED) is 0.633. The van der Waals surface area contributed by atoms with Gasteiger partial charge in [0.25, 0.3) is 0 Å². The van der Waals surface area contributed by atoms with Crippen molar-refractivity contribution < 1.29 is 0 Å². The van der Waals surface area contributed by atoms with Gasteiger partial charge in [0, 0.05) is 29.0 Å². The minimum Gasteiger partial charge on any atom is -0.361 e. The van der Waals surface area contributed by atoms with Crippen molar-refractivity contribution in [3.05, 3.63) is 54.9 Å². The molecule has 0 saturated heterocycles. The first-order chi connectivity index (χ1) is 7.45. The number of aromatic amines is 1. The van der Waals surface area contributed by atoms with E-state index in [9.17, 15) is 0 Å². The SMILES string of the molecule is c1c[nH]c(-c2cccc3cccnc23)c1. The van der Waals surface area contributed by atoms with Crippen molar-refractivity contribution >= 4 is 10.9 Å². The molecule has 1 N–H and O–H groups in total. The summed E-state index contributed by atoms with van der Waals surface area (Å²) in [6.45, 7) is 0. The Morgan fingerprint density at radius 2 is 1.87 bits per heavy atom. The fourth-order valence-corrected chi connectivity index (χ4v) is 1.82. The summed E-state index contributed by atoms with van der Waals surface area (Å²) in [5.41, 5.74) is 3.31. The molecule has 3 rings (SSSR count). The smallest absolute Gasteiger partial charge is 0.0795 e. The van der Waals surface area contributed by atoms with Crippen LogP contribution in [-0.2, 0) is 0 Å². The van der Waals surface area contributed by atoms with E-state index in [0.29, 0.717) is 0 Å². The van der Waals surface area contributed by atoms with Crippen LogP contribution < -0.4 is 0 Å². The molecular weight excluding hydrogens is 184 g/mol. The second-order valence-electron chi connectivity index (χ2n) is 3.46. The van der Waals surface area contributed by atoms with Crippen molar-refractivity contribution in [2.75, 3.05) is 0 Å². The molecule has 72 valence electrons. The minimum atomic E-state index is 1.04. The van der Waals surface area contributed by atoms with Gasteiger partial charge in [-0.25, -0.2) is 0 Å². The van der Waals surface area contributed by atoms with E-state index >= 15 is 0 Å². The van der Waals surface area contributed by atoms with Gasteiger partial charge in [0.1, 0.15) is 0 Å². The van der Waals surface area contributed by atoms with Crippen LogP contribution in [0.3, 0.4) is 0 Å². The highest BCUT2D eigenvalue weighted by molar-refractivity contribution is 5.92. The number of H-pyrrole nitrogens is 1. The largest absolute Gasteiger partial charge is 0.361 e. The molecule has 0 bridgehead atoms. The number of aromatic nitrogens is 2. The van der Waals surface area contributed by atoms with Crippen LogP contribution in [0.2, 0.25) is 0 Å². The lowest BCUT2D eigenvalue weighted by Crippen LogP contribution is -1.83. The Morgan fingerprint density at radius 3 is 2.73 bits per heavy atom. The molecule has 0 unspecified atom stereocenters. The van der Waals surface area contributed by atoms with Gasteiger partial charge in [-0.3, -0.25) is 4.98 Å². The molecular formula is C13H10N2.